The van der Waals surface area contributed by atoms with Crippen molar-refractivity contribution >= 4 is 37.6 Å². The van der Waals surface area contributed by atoms with E-state index in [1.54, 1.807) is 6.07 Å². The van der Waals surface area contributed by atoms with Crippen LogP contribution in [0.25, 0.3) is 0 Å². The molecule has 6 heteroatoms. The summed E-state index contributed by atoms with van der Waals surface area (Å²) in [5.74, 6) is 0.251. The number of hydrogen-bond acceptors (Lipinski definition) is 2. The monoisotopic (exact) mass is 323 g/mol. The average molecular weight is 325 g/mol. The van der Waals surface area contributed by atoms with Crippen molar-refractivity contribution in [3.63, 3.8) is 0 Å². The molecule has 1 heterocycles. The first-order chi connectivity index (χ1) is 7.49. The van der Waals surface area contributed by atoms with Crippen molar-refractivity contribution < 1.29 is 8.42 Å². The number of nitrogens with zero attached hydrogens (tertiary/aromatic N) is 1. The van der Waals surface area contributed by atoms with E-state index in [1.165, 1.54) is 4.31 Å². The minimum absolute atomic E-state index is 0.251. The summed E-state index contributed by atoms with van der Waals surface area (Å²) in [6.45, 7) is 0.961. The smallest absolute Gasteiger partial charge is 0.212 e. The lowest BCUT2D eigenvalue weighted by molar-refractivity contribution is 0.440. The molecule has 0 spiro atoms. The Labute approximate surface area is 109 Å². The van der Waals surface area contributed by atoms with Crippen molar-refractivity contribution in [2.24, 2.45) is 0 Å². The van der Waals surface area contributed by atoms with Crippen LogP contribution >= 0.6 is 27.5 Å². The first-order valence-corrected chi connectivity index (χ1v) is 7.69. The number of benzene rings is 1. The number of hydrogen-bond donors (Lipinski definition) is 0. The lowest BCUT2D eigenvalue weighted by Gasteiger charge is -2.15. The Morgan fingerprint density at radius 3 is 2.75 bits per heavy atom. The minimum Gasteiger partial charge on any atom is -0.212 e. The van der Waals surface area contributed by atoms with Crippen LogP contribution in [0.1, 0.15) is 12.0 Å². The average Bonchev–Trinajstić information content (AvgIpc) is 2.50. The Morgan fingerprint density at radius 2 is 2.19 bits per heavy atom. The fraction of sp³-hybridized carbons (Fsp3) is 0.400. The molecule has 1 aromatic rings. The second-order valence-corrected chi connectivity index (χ2v) is 7.15. The molecule has 88 valence electrons. The van der Waals surface area contributed by atoms with E-state index in [2.05, 4.69) is 15.9 Å². The number of sulfonamides is 1. The molecule has 0 aromatic heterocycles. The summed E-state index contributed by atoms with van der Waals surface area (Å²) in [6.07, 6.45) is 0.705. The largest absolute Gasteiger partial charge is 0.214 e. The van der Waals surface area contributed by atoms with E-state index >= 15 is 0 Å². The van der Waals surface area contributed by atoms with E-state index in [1.807, 2.05) is 12.1 Å². The molecule has 0 unspecified atom stereocenters. The van der Waals surface area contributed by atoms with E-state index in [9.17, 15) is 8.42 Å². The van der Waals surface area contributed by atoms with Gasteiger partial charge in [0.05, 0.1) is 5.75 Å². The number of halogens is 2. The molecule has 3 nitrogen and oxygen atoms in total. The van der Waals surface area contributed by atoms with Gasteiger partial charge in [-0.15, -0.1) is 0 Å². The van der Waals surface area contributed by atoms with Crippen molar-refractivity contribution in [1.29, 1.82) is 0 Å². The molecule has 0 bridgehead atoms. The molecule has 0 amide bonds. The molecule has 0 saturated carbocycles. The Balaban J connectivity index is 2.21. The molecule has 1 aliphatic heterocycles. The lowest BCUT2D eigenvalue weighted by atomic mass is 10.2. The van der Waals surface area contributed by atoms with Crippen LogP contribution in [0, 0.1) is 0 Å². The highest BCUT2D eigenvalue weighted by Crippen LogP contribution is 2.25. The zero-order chi connectivity index (χ0) is 11.8. The zero-order valence-corrected chi connectivity index (χ0v) is 11.6. The molecule has 0 radical (unpaired) electrons. The summed E-state index contributed by atoms with van der Waals surface area (Å²) >= 11 is 9.36. The minimum atomic E-state index is -3.05. The van der Waals surface area contributed by atoms with Crippen LogP contribution in [0.15, 0.2) is 22.7 Å². The second-order valence-electron chi connectivity index (χ2n) is 3.74. The van der Waals surface area contributed by atoms with Crippen LogP contribution in [0.4, 0.5) is 0 Å². The molecule has 0 N–H and O–H groups in total. The van der Waals surface area contributed by atoms with Gasteiger partial charge in [0.1, 0.15) is 0 Å². The predicted octanol–water partition coefficient (Wildman–Crippen LogP) is 2.64. The second kappa shape index (κ2) is 4.64. The van der Waals surface area contributed by atoms with E-state index < -0.39 is 10.0 Å². The van der Waals surface area contributed by atoms with Crippen LogP contribution in [0.3, 0.4) is 0 Å². The summed E-state index contributed by atoms with van der Waals surface area (Å²) in [7, 11) is -3.05. The molecule has 1 aromatic carbocycles. The van der Waals surface area contributed by atoms with Gasteiger partial charge in [-0.1, -0.05) is 33.6 Å². The summed E-state index contributed by atoms with van der Waals surface area (Å²) < 4.78 is 25.6. The highest BCUT2D eigenvalue weighted by Gasteiger charge is 2.28. The van der Waals surface area contributed by atoms with Gasteiger partial charge in [-0.05, 0) is 24.1 Å². The summed E-state index contributed by atoms with van der Waals surface area (Å²) in [4.78, 5) is 0. The van der Waals surface area contributed by atoms with Crippen molar-refractivity contribution in [2.75, 3.05) is 12.3 Å². The molecule has 1 aliphatic rings. The molecule has 0 atom stereocenters. The SMILES string of the molecule is O=S1(=O)CCCN1Cc1ccc(Br)cc1Cl. The van der Waals surface area contributed by atoms with Gasteiger partial charge in [0.25, 0.3) is 0 Å². The Morgan fingerprint density at radius 1 is 1.44 bits per heavy atom. The van der Waals surface area contributed by atoms with Gasteiger partial charge in [-0.2, -0.15) is 4.31 Å². The highest BCUT2D eigenvalue weighted by atomic mass is 79.9. The highest BCUT2D eigenvalue weighted by molar-refractivity contribution is 9.10. The van der Waals surface area contributed by atoms with Crippen LogP contribution in [0.5, 0.6) is 0 Å². The van der Waals surface area contributed by atoms with E-state index in [-0.39, 0.29) is 5.75 Å². The standard InChI is InChI=1S/C10H11BrClNO2S/c11-9-3-2-8(10(12)6-9)7-13-4-1-5-16(13,14)15/h2-3,6H,1,4-5,7H2. The van der Waals surface area contributed by atoms with Gasteiger partial charge in [0.15, 0.2) is 0 Å². The maximum atomic E-state index is 11.6. The van der Waals surface area contributed by atoms with Crippen molar-refractivity contribution in [2.45, 2.75) is 13.0 Å². The molecule has 0 aliphatic carbocycles. The van der Waals surface area contributed by atoms with Gasteiger partial charge >= 0.3 is 0 Å². The normalized spacial score (nSPS) is 20.1. The van der Waals surface area contributed by atoms with Crippen molar-refractivity contribution in [3.8, 4) is 0 Å². The van der Waals surface area contributed by atoms with Crippen LogP contribution < -0.4 is 0 Å². The maximum absolute atomic E-state index is 11.6. The predicted molar refractivity (Wildman–Crippen MR) is 68.0 cm³/mol. The quantitative estimate of drug-likeness (QED) is 0.838. The van der Waals surface area contributed by atoms with E-state index in [0.717, 1.165) is 10.0 Å². The lowest BCUT2D eigenvalue weighted by Crippen LogP contribution is -2.25. The van der Waals surface area contributed by atoms with Gasteiger partial charge in [-0.3, -0.25) is 0 Å². The van der Waals surface area contributed by atoms with Gasteiger partial charge < -0.3 is 0 Å². The van der Waals surface area contributed by atoms with Crippen molar-refractivity contribution in [3.05, 3.63) is 33.3 Å². The van der Waals surface area contributed by atoms with Crippen LogP contribution in [-0.2, 0) is 16.6 Å². The summed E-state index contributed by atoms with van der Waals surface area (Å²) in [5.41, 5.74) is 0.843. The molecule has 16 heavy (non-hydrogen) atoms. The first kappa shape index (κ1) is 12.4. The zero-order valence-electron chi connectivity index (χ0n) is 8.49. The van der Waals surface area contributed by atoms with Gasteiger partial charge in [0.2, 0.25) is 10.0 Å². The maximum Gasteiger partial charge on any atom is 0.214 e. The third kappa shape index (κ3) is 2.59. The first-order valence-electron chi connectivity index (χ1n) is 4.91. The molecule has 1 saturated heterocycles. The Kier molecular flexibility index (Phi) is 3.59. The molecular weight excluding hydrogens is 314 g/mol. The Bertz CT molecular complexity index is 504. The van der Waals surface area contributed by atoms with E-state index in [0.29, 0.717) is 24.5 Å². The van der Waals surface area contributed by atoms with Gasteiger partial charge in [-0.25, -0.2) is 8.42 Å². The summed E-state index contributed by atoms with van der Waals surface area (Å²) in [5, 5.41) is 0.594. The van der Waals surface area contributed by atoms with Crippen molar-refractivity contribution in [1.82, 2.24) is 4.31 Å². The van der Waals surface area contributed by atoms with Crippen LogP contribution in [0.2, 0.25) is 5.02 Å². The van der Waals surface area contributed by atoms with Crippen LogP contribution in [-0.4, -0.2) is 25.0 Å². The van der Waals surface area contributed by atoms with Gasteiger partial charge in [0, 0.05) is 22.6 Å². The Hall–Kier alpha value is -0.100. The number of rotatable bonds is 2. The molecule has 1 fully saturated rings. The summed E-state index contributed by atoms with van der Waals surface area (Å²) in [6, 6.07) is 5.49. The molecule has 2 rings (SSSR count). The van der Waals surface area contributed by atoms with E-state index in [4.69, 9.17) is 11.6 Å². The third-order valence-corrected chi connectivity index (χ3v) is 5.31. The molecular formula is C10H11BrClNO2S. The fourth-order valence-corrected chi connectivity index (χ4v) is 3.94. The topological polar surface area (TPSA) is 37.4 Å². The third-order valence-electron chi connectivity index (χ3n) is 2.57. The fourth-order valence-electron chi connectivity index (χ4n) is 1.71.